The van der Waals surface area contributed by atoms with E-state index in [9.17, 15) is 4.79 Å². The second-order valence-electron chi connectivity index (χ2n) is 6.39. The van der Waals surface area contributed by atoms with Gasteiger partial charge in [0.25, 0.3) is 0 Å². The first-order valence-electron chi connectivity index (χ1n) is 8.26. The molecule has 0 atom stereocenters. The number of carbonyl (C=O) groups is 1. The van der Waals surface area contributed by atoms with Gasteiger partial charge in [-0.1, -0.05) is 32.1 Å². The van der Waals surface area contributed by atoms with Gasteiger partial charge in [0.2, 0.25) is 5.91 Å². The summed E-state index contributed by atoms with van der Waals surface area (Å²) in [5.74, 6) is 0.385. The van der Waals surface area contributed by atoms with E-state index in [0.717, 1.165) is 25.9 Å². The Labute approximate surface area is 122 Å². The zero-order valence-corrected chi connectivity index (χ0v) is 12.4. The lowest BCUT2D eigenvalue weighted by Gasteiger charge is -2.41. The van der Waals surface area contributed by atoms with Gasteiger partial charge < -0.3 is 9.47 Å². The molecule has 0 N–H and O–H groups in total. The molecular weight excluding hydrogens is 248 g/mol. The normalized spacial score (nSPS) is 23.3. The molecule has 1 aliphatic heterocycles. The average molecular weight is 274 g/mol. The van der Waals surface area contributed by atoms with Crippen LogP contribution in [0.2, 0.25) is 0 Å². The molecule has 2 fully saturated rings. The predicted molar refractivity (Wildman–Crippen MR) is 80.5 cm³/mol. The van der Waals surface area contributed by atoms with Crippen LogP contribution >= 0.6 is 0 Å². The molecule has 2 aliphatic rings. The van der Waals surface area contributed by atoms with Gasteiger partial charge in [-0.25, -0.2) is 0 Å². The summed E-state index contributed by atoms with van der Waals surface area (Å²) in [6, 6.07) is 4.10. The summed E-state index contributed by atoms with van der Waals surface area (Å²) in [5, 5.41) is 0. The van der Waals surface area contributed by atoms with E-state index in [-0.39, 0.29) is 5.54 Å². The minimum absolute atomic E-state index is 0.286. The average Bonchev–Trinajstić information content (AvgIpc) is 2.91. The summed E-state index contributed by atoms with van der Waals surface area (Å²) in [6.07, 6.45) is 14.7. The van der Waals surface area contributed by atoms with Gasteiger partial charge in [0, 0.05) is 25.5 Å². The number of nitrogens with zero attached hydrogens (tertiary/aromatic N) is 2. The van der Waals surface area contributed by atoms with Gasteiger partial charge >= 0.3 is 0 Å². The quantitative estimate of drug-likeness (QED) is 0.809. The minimum Gasteiger partial charge on any atom is -0.341 e. The largest absolute Gasteiger partial charge is 0.341 e. The van der Waals surface area contributed by atoms with Crippen LogP contribution in [0.15, 0.2) is 24.5 Å². The third-order valence-corrected chi connectivity index (χ3v) is 5.07. The molecule has 2 heterocycles. The van der Waals surface area contributed by atoms with Crippen LogP contribution in [-0.2, 0) is 10.3 Å². The van der Waals surface area contributed by atoms with Gasteiger partial charge in [0.1, 0.15) is 5.54 Å². The van der Waals surface area contributed by atoms with Crippen molar-refractivity contribution in [2.24, 2.45) is 0 Å². The Hall–Kier alpha value is -1.25. The number of hydrogen-bond donors (Lipinski definition) is 0. The van der Waals surface area contributed by atoms with Crippen LogP contribution < -0.4 is 0 Å². The molecule has 3 nitrogen and oxygen atoms in total. The number of rotatable bonds is 2. The summed E-state index contributed by atoms with van der Waals surface area (Å²) in [6.45, 7) is 1.92. The molecule has 1 aromatic heterocycles. The standard InChI is InChI=1S/C17H26N2O/c20-16(18-12-6-1-2-7-13-18)17(10-4-3-5-11-17)19-14-8-9-15-19/h8-9,14-15H,1-7,10-13H2. The van der Waals surface area contributed by atoms with Gasteiger partial charge in [-0.2, -0.15) is 0 Å². The monoisotopic (exact) mass is 274 g/mol. The second kappa shape index (κ2) is 6.02. The highest BCUT2D eigenvalue weighted by Crippen LogP contribution is 2.37. The highest BCUT2D eigenvalue weighted by atomic mass is 16.2. The molecular formula is C17H26N2O. The SMILES string of the molecule is O=C(N1CCCCCC1)C1(n2cccc2)CCCCC1. The Balaban J connectivity index is 1.86. The molecule has 3 rings (SSSR count). The van der Waals surface area contributed by atoms with Gasteiger partial charge in [-0.15, -0.1) is 0 Å². The zero-order chi connectivity index (χ0) is 13.8. The van der Waals surface area contributed by atoms with Crippen molar-refractivity contribution in [2.45, 2.75) is 63.3 Å². The Kier molecular flexibility index (Phi) is 4.13. The van der Waals surface area contributed by atoms with Gasteiger partial charge in [0.05, 0.1) is 0 Å². The van der Waals surface area contributed by atoms with Crippen molar-refractivity contribution < 1.29 is 4.79 Å². The lowest BCUT2D eigenvalue weighted by atomic mass is 9.80. The van der Waals surface area contributed by atoms with Crippen LogP contribution in [0.1, 0.15) is 57.8 Å². The molecule has 1 saturated carbocycles. The molecule has 20 heavy (non-hydrogen) atoms. The summed E-state index contributed by atoms with van der Waals surface area (Å²) < 4.78 is 2.19. The van der Waals surface area contributed by atoms with E-state index >= 15 is 0 Å². The van der Waals surface area contributed by atoms with Crippen molar-refractivity contribution in [3.63, 3.8) is 0 Å². The lowest BCUT2D eigenvalue weighted by molar-refractivity contribution is -0.142. The van der Waals surface area contributed by atoms with Crippen LogP contribution in [-0.4, -0.2) is 28.5 Å². The molecule has 0 radical (unpaired) electrons. The maximum absolute atomic E-state index is 13.2. The van der Waals surface area contributed by atoms with Crippen molar-refractivity contribution in [2.75, 3.05) is 13.1 Å². The maximum atomic E-state index is 13.2. The van der Waals surface area contributed by atoms with Crippen LogP contribution in [0, 0.1) is 0 Å². The third kappa shape index (κ3) is 2.50. The molecule has 1 amide bonds. The van der Waals surface area contributed by atoms with Crippen LogP contribution in [0.25, 0.3) is 0 Å². The first-order valence-corrected chi connectivity index (χ1v) is 8.26. The van der Waals surface area contributed by atoms with E-state index in [1.54, 1.807) is 0 Å². The van der Waals surface area contributed by atoms with Crippen molar-refractivity contribution in [1.29, 1.82) is 0 Å². The molecule has 1 saturated heterocycles. The number of likely N-dealkylation sites (tertiary alicyclic amines) is 1. The van der Waals surface area contributed by atoms with E-state index in [0.29, 0.717) is 5.91 Å². The van der Waals surface area contributed by atoms with E-state index in [1.807, 2.05) is 12.1 Å². The number of hydrogen-bond acceptors (Lipinski definition) is 1. The van der Waals surface area contributed by atoms with E-state index < -0.39 is 0 Å². The molecule has 3 heteroatoms. The lowest BCUT2D eigenvalue weighted by Crippen LogP contribution is -2.51. The smallest absolute Gasteiger partial charge is 0.248 e. The molecule has 0 aromatic carbocycles. The van der Waals surface area contributed by atoms with Crippen molar-refractivity contribution >= 4 is 5.91 Å². The fourth-order valence-corrected chi connectivity index (χ4v) is 3.91. The van der Waals surface area contributed by atoms with Crippen molar-refractivity contribution in [3.05, 3.63) is 24.5 Å². The number of amides is 1. The fraction of sp³-hybridized carbons (Fsp3) is 0.706. The third-order valence-electron chi connectivity index (χ3n) is 5.07. The van der Waals surface area contributed by atoms with Crippen LogP contribution in [0.5, 0.6) is 0 Å². The molecule has 0 bridgehead atoms. The molecule has 0 unspecified atom stereocenters. The van der Waals surface area contributed by atoms with Gasteiger partial charge in [-0.3, -0.25) is 4.79 Å². The number of carbonyl (C=O) groups excluding carboxylic acids is 1. The highest BCUT2D eigenvalue weighted by Gasteiger charge is 2.43. The highest BCUT2D eigenvalue weighted by molar-refractivity contribution is 5.84. The van der Waals surface area contributed by atoms with Crippen molar-refractivity contribution in [3.8, 4) is 0 Å². The molecule has 1 aliphatic carbocycles. The first-order chi connectivity index (χ1) is 9.83. The van der Waals surface area contributed by atoms with Gasteiger partial charge in [0.15, 0.2) is 0 Å². The predicted octanol–water partition coefficient (Wildman–Crippen LogP) is 3.55. The minimum atomic E-state index is -0.286. The Morgan fingerprint density at radius 2 is 1.35 bits per heavy atom. The first kappa shape index (κ1) is 13.7. The molecule has 1 aromatic rings. The number of aromatic nitrogens is 1. The Morgan fingerprint density at radius 1 is 0.800 bits per heavy atom. The summed E-state index contributed by atoms with van der Waals surface area (Å²) >= 11 is 0. The Morgan fingerprint density at radius 3 is 1.95 bits per heavy atom. The van der Waals surface area contributed by atoms with Crippen molar-refractivity contribution in [1.82, 2.24) is 9.47 Å². The molecule has 110 valence electrons. The van der Waals surface area contributed by atoms with Crippen LogP contribution in [0.3, 0.4) is 0 Å². The van der Waals surface area contributed by atoms with E-state index in [4.69, 9.17) is 0 Å². The summed E-state index contributed by atoms with van der Waals surface area (Å²) in [5.41, 5.74) is -0.286. The van der Waals surface area contributed by atoms with E-state index in [2.05, 4.69) is 21.9 Å². The van der Waals surface area contributed by atoms with E-state index in [1.165, 1.54) is 44.9 Å². The maximum Gasteiger partial charge on any atom is 0.248 e. The Bertz CT molecular complexity index is 424. The second-order valence-corrected chi connectivity index (χ2v) is 6.39. The topological polar surface area (TPSA) is 25.2 Å². The summed E-state index contributed by atoms with van der Waals surface area (Å²) in [7, 11) is 0. The fourth-order valence-electron chi connectivity index (χ4n) is 3.91. The van der Waals surface area contributed by atoms with Crippen LogP contribution in [0.4, 0.5) is 0 Å². The van der Waals surface area contributed by atoms with Gasteiger partial charge in [-0.05, 0) is 37.8 Å². The molecule has 0 spiro atoms. The zero-order valence-electron chi connectivity index (χ0n) is 12.4. The summed E-state index contributed by atoms with van der Waals surface area (Å²) in [4.78, 5) is 15.4.